The molecule has 0 amide bonds. The van der Waals surface area contributed by atoms with Crippen molar-refractivity contribution in [2.75, 3.05) is 13.6 Å². The van der Waals surface area contributed by atoms with Gasteiger partial charge < -0.3 is 0 Å². The van der Waals surface area contributed by atoms with Gasteiger partial charge in [0.2, 0.25) is 0 Å². The average Bonchev–Trinajstić information content (AvgIpc) is 2.62. The van der Waals surface area contributed by atoms with E-state index >= 15 is 0 Å². The molecule has 3 nitrogen and oxygen atoms in total. The van der Waals surface area contributed by atoms with Crippen LogP contribution in [0.1, 0.15) is 5.82 Å². The highest BCUT2D eigenvalue weighted by Gasteiger charge is 2.29. The predicted molar refractivity (Wildman–Crippen MR) is 64.8 cm³/mol. The third-order valence-electron chi connectivity index (χ3n) is 2.19. The number of fused-ring (bicyclic) bond motifs is 1. The van der Waals surface area contributed by atoms with Gasteiger partial charge in [0.05, 0.1) is 13.1 Å². The highest BCUT2D eigenvalue weighted by atomic mass is 35.5. The van der Waals surface area contributed by atoms with E-state index in [1.807, 2.05) is 5.38 Å². The summed E-state index contributed by atoms with van der Waals surface area (Å²) < 4.78 is 36.6. The van der Waals surface area contributed by atoms with Crippen LogP contribution in [0.2, 0.25) is 5.15 Å². The Balaban J connectivity index is 2.16. The first-order chi connectivity index (χ1) is 8.35. The zero-order chi connectivity index (χ0) is 13.3. The van der Waals surface area contributed by atoms with Crippen LogP contribution < -0.4 is 0 Å². The van der Waals surface area contributed by atoms with Gasteiger partial charge in [-0.3, -0.25) is 4.90 Å². The lowest BCUT2D eigenvalue weighted by Crippen LogP contribution is -2.31. The molecule has 0 saturated carbocycles. The molecule has 0 atom stereocenters. The number of hydrogen-bond acceptors (Lipinski definition) is 4. The van der Waals surface area contributed by atoms with Crippen molar-refractivity contribution in [3.8, 4) is 0 Å². The summed E-state index contributed by atoms with van der Waals surface area (Å²) in [4.78, 5) is 9.96. The third kappa shape index (κ3) is 3.30. The number of thiophene rings is 1. The molecule has 2 heterocycles. The molecule has 0 aliphatic carbocycles. The van der Waals surface area contributed by atoms with Gasteiger partial charge >= 0.3 is 6.18 Å². The van der Waals surface area contributed by atoms with E-state index in [1.54, 1.807) is 6.07 Å². The minimum atomic E-state index is -4.23. The second-order valence-electron chi connectivity index (χ2n) is 3.86. The van der Waals surface area contributed by atoms with Crippen molar-refractivity contribution in [1.82, 2.24) is 14.9 Å². The fourth-order valence-corrected chi connectivity index (χ4v) is 2.62. The van der Waals surface area contributed by atoms with Crippen LogP contribution in [0.4, 0.5) is 13.2 Å². The Hall–Kier alpha value is -0.920. The summed E-state index contributed by atoms with van der Waals surface area (Å²) in [6, 6.07) is 1.78. The lowest BCUT2D eigenvalue weighted by molar-refractivity contribution is -0.144. The first kappa shape index (κ1) is 13.5. The maximum atomic E-state index is 12.2. The smallest absolute Gasteiger partial charge is 0.291 e. The van der Waals surface area contributed by atoms with Gasteiger partial charge in [-0.2, -0.15) is 13.2 Å². The van der Waals surface area contributed by atoms with Crippen molar-refractivity contribution < 1.29 is 13.2 Å². The van der Waals surface area contributed by atoms with Crippen LogP contribution in [-0.2, 0) is 6.54 Å². The zero-order valence-corrected chi connectivity index (χ0v) is 10.9. The number of halogens is 4. The van der Waals surface area contributed by atoms with E-state index in [2.05, 4.69) is 9.97 Å². The van der Waals surface area contributed by atoms with Crippen LogP contribution in [0.25, 0.3) is 10.2 Å². The molecular weight excluding hydrogens is 287 g/mol. The highest BCUT2D eigenvalue weighted by molar-refractivity contribution is 7.16. The second kappa shape index (κ2) is 4.99. The van der Waals surface area contributed by atoms with Crippen molar-refractivity contribution in [2.24, 2.45) is 0 Å². The summed E-state index contributed by atoms with van der Waals surface area (Å²) >= 11 is 7.31. The zero-order valence-electron chi connectivity index (χ0n) is 9.33. The molecule has 0 radical (unpaired) electrons. The second-order valence-corrected chi connectivity index (χ2v) is 5.11. The molecule has 8 heteroatoms. The van der Waals surface area contributed by atoms with Crippen LogP contribution in [-0.4, -0.2) is 34.6 Å². The summed E-state index contributed by atoms with van der Waals surface area (Å²) in [7, 11) is 1.36. The Morgan fingerprint density at radius 2 is 2.11 bits per heavy atom. The van der Waals surface area contributed by atoms with E-state index in [1.165, 1.54) is 18.4 Å². The molecule has 0 bridgehead atoms. The molecule has 0 fully saturated rings. The molecule has 0 spiro atoms. The number of alkyl halides is 3. The van der Waals surface area contributed by atoms with Gasteiger partial charge in [-0.25, -0.2) is 9.97 Å². The largest absolute Gasteiger partial charge is 0.401 e. The Morgan fingerprint density at radius 1 is 1.39 bits per heavy atom. The van der Waals surface area contributed by atoms with E-state index in [0.717, 1.165) is 10.3 Å². The van der Waals surface area contributed by atoms with Crippen LogP contribution >= 0.6 is 22.9 Å². The van der Waals surface area contributed by atoms with Crippen LogP contribution in [0.5, 0.6) is 0 Å². The molecule has 98 valence electrons. The fraction of sp³-hybridized carbons (Fsp3) is 0.400. The Bertz CT molecular complexity index is 555. The van der Waals surface area contributed by atoms with Crippen LogP contribution in [0.15, 0.2) is 11.4 Å². The first-order valence-electron chi connectivity index (χ1n) is 5.00. The summed E-state index contributed by atoms with van der Waals surface area (Å²) in [5, 5.41) is 2.81. The van der Waals surface area contributed by atoms with Crippen LogP contribution in [0, 0.1) is 0 Å². The molecule has 0 aliphatic rings. The van der Waals surface area contributed by atoms with Gasteiger partial charge in [-0.15, -0.1) is 11.3 Å². The molecule has 2 rings (SSSR count). The molecule has 0 aliphatic heterocycles. The molecular formula is C10H9ClF3N3S. The summed E-state index contributed by atoms with van der Waals surface area (Å²) in [5.74, 6) is 0.293. The van der Waals surface area contributed by atoms with Gasteiger partial charge in [0, 0.05) is 5.39 Å². The third-order valence-corrected chi connectivity index (χ3v) is 3.28. The fourth-order valence-electron chi connectivity index (χ4n) is 1.53. The van der Waals surface area contributed by atoms with Crippen molar-refractivity contribution in [2.45, 2.75) is 12.7 Å². The molecule has 0 N–H and O–H groups in total. The normalized spacial score (nSPS) is 12.6. The quantitative estimate of drug-likeness (QED) is 0.813. The van der Waals surface area contributed by atoms with Crippen molar-refractivity contribution in [1.29, 1.82) is 0 Å². The molecule has 0 saturated heterocycles. The molecule has 0 unspecified atom stereocenters. The highest BCUT2D eigenvalue weighted by Crippen LogP contribution is 2.25. The first-order valence-corrected chi connectivity index (χ1v) is 6.26. The average molecular weight is 296 g/mol. The number of aromatic nitrogens is 2. The number of nitrogens with zero attached hydrogens (tertiary/aromatic N) is 3. The van der Waals surface area contributed by atoms with E-state index in [-0.39, 0.29) is 11.7 Å². The molecule has 0 aromatic carbocycles. The summed E-state index contributed by atoms with van der Waals surface area (Å²) in [6.45, 7) is -0.997. The molecule has 18 heavy (non-hydrogen) atoms. The topological polar surface area (TPSA) is 29.0 Å². The standard InChI is InChI=1S/C10H9ClF3N3S/c1-17(5-10(12,13)14)4-7-15-8(11)6-2-3-18-9(6)16-7/h2-3H,4-5H2,1H3. The van der Waals surface area contributed by atoms with Crippen LogP contribution in [0.3, 0.4) is 0 Å². The van der Waals surface area contributed by atoms with E-state index in [4.69, 9.17) is 11.6 Å². The molecule has 2 aromatic heterocycles. The van der Waals surface area contributed by atoms with E-state index in [9.17, 15) is 13.2 Å². The Morgan fingerprint density at radius 3 is 2.78 bits per heavy atom. The minimum Gasteiger partial charge on any atom is -0.291 e. The van der Waals surface area contributed by atoms with Gasteiger partial charge in [0.25, 0.3) is 0 Å². The Kier molecular flexibility index (Phi) is 3.74. The molecule has 2 aromatic rings. The minimum absolute atomic E-state index is 0.00701. The lowest BCUT2D eigenvalue weighted by atomic mass is 10.4. The van der Waals surface area contributed by atoms with Gasteiger partial charge in [-0.05, 0) is 18.5 Å². The van der Waals surface area contributed by atoms with Crippen molar-refractivity contribution in [3.05, 3.63) is 22.4 Å². The van der Waals surface area contributed by atoms with Gasteiger partial charge in [0.15, 0.2) is 0 Å². The monoisotopic (exact) mass is 295 g/mol. The van der Waals surface area contributed by atoms with Gasteiger partial charge in [0.1, 0.15) is 15.8 Å². The van der Waals surface area contributed by atoms with Crippen molar-refractivity contribution in [3.63, 3.8) is 0 Å². The number of hydrogen-bond donors (Lipinski definition) is 0. The van der Waals surface area contributed by atoms with E-state index < -0.39 is 12.7 Å². The van der Waals surface area contributed by atoms with Gasteiger partial charge in [-0.1, -0.05) is 11.6 Å². The predicted octanol–water partition coefficient (Wildman–Crippen LogP) is 3.34. The summed E-state index contributed by atoms with van der Waals surface area (Å²) in [6.07, 6.45) is -4.23. The maximum absolute atomic E-state index is 12.2. The lowest BCUT2D eigenvalue weighted by Gasteiger charge is -2.17. The maximum Gasteiger partial charge on any atom is 0.401 e. The number of rotatable bonds is 3. The van der Waals surface area contributed by atoms with E-state index in [0.29, 0.717) is 10.7 Å². The SMILES string of the molecule is CN(Cc1nc(Cl)c2ccsc2n1)CC(F)(F)F. The van der Waals surface area contributed by atoms with Crippen molar-refractivity contribution >= 4 is 33.2 Å². The summed E-state index contributed by atoms with van der Waals surface area (Å²) in [5.41, 5.74) is 0. The Labute approximate surface area is 110 Å².